The van der Waals surface area contributed by atoms with Crippen LogP contribution in [0.2, 0.25) is 0 Å². The Kier molecular flexibility index (Phi) is 7.42. The number of nitrogens with one attached hydrogen (secondary N) is 1. The molecule has 0 aliphatic carbocycles. The Morgan fingerprint density at radius 2 is 1.85 bits per heavy atom. The highest BCUT2D eigenvalue weighted by atomic mass is 16.5. The van der Waals surface area contributed by atoms with E-state index in [1.165, 1.54) is 7.11 Å². The number of hydrogen-bond acceptors (Lipinski definition) is 10. The van der Waals surface area contributed by atoms with Crippen LogP contribution in [-0.2, 0) is 24.9 Å². The number of benzene rings is 1. The van der Waals surface area contributed by atoms with E-state index in [0.29, 0.717) is 34.6 Å². The largest absolute Gasteiger partial charge is 0.497 e. The van der Waals surface area contributed by atoms with Crippen LogP contribution in [0.15, 0.2) is 40.9 Å². The summed E-state index contributed by atoms with van der Waals surface area (Å²) in [6.45, 7) is 4.53. The van der Waals surface area contributed by atoms with Gasteiger partial charge in [0.05, 0.1) is 38.7 Å². The summed E-state index contributed by atoms with van der Waals surface area (Å²) in [6, 6.07) is 8.77. The van der Waals surface area contributed by atoms with Crippen LogP contribution in [0.25, 0.3) is 33.9 Å². The zero-order chi connectivity index (χ0) is 29.3. The van der Waals surface area contributed by atoms with Crippen molar-refractivity contribution >= 4 is 22.8 Å². The number of aryl methyl sites for hydroxylation is 3. The van der Waals surface area contributed by atoms with Crippen LogP contribution in [0.4, 0.5) is 0 Å². The van der Waals surface area contributed by atoms with Gasteiger partial charge < -0.3 is 23.9 Å². The van der Waals surface area contributed by atoms with E-state index in [1.54, 1.807) is 55.0 Å². The minimum atomic E-state index is -0.738. The maximum atomic E-state index is 13.4. The summed E-state index contributed by atoms with van der Waals surface area (Å²) < 4.78 is 24.9. The number of oxazole rings is 1. The van der Waals surface area contributed by atoms with Crippen molar-refractivity contribution in [2.24, 2.45) is 7.05 Å². The molecule has 5 aromatic rings. The van der Waals surface area contributed by atoms with E-state index in [2.05, 4.69) is 25.5 Å². The fourth-order valence-corrected chi connectivity index (χ4v) is 4.48. The second-order valence-electron chi connectivity index (χ2n) is 9.09. The van der Waals surface area contributed by atoms with Crippen molar-refractivity contribution in [3.8, 4) is 34.5 Å². The highest BCUT2D eigenvalue weighted by molar-refractivity contribution is 6.03. The van der Waals surface area contributed by atoms with E-state index in [1.807, 2.05) is 26.0 Å². The Bertz CT molecular complexity index is 1770. The van der Waals surface area contributed by atoms with Gasteiger partial charge in [-0.1, -0.05) is 0 Å². The summed E-state index contributed by atoms with van der Waals surface area (Å²) in [5, 5.41) is 12.2. The van der Waals surface area contributed by atoms with Crippen LogP contribution in [0, 0.1) is 6.92 Å². The van der Waals surface area contributed by atoms with E-state index < -0.39 is 11.9 Å². The van der Waals surface area contributed by atoms with Gasteiger partial charge in [-0.05, 0) is 38.1 Å². The van der Waals surface area contributed by atoms with Crippen molar-refractivity contribution in [2.75, 3.05) is 21.3 Å². The zero-order valence-corrected chi connectivity index (χ0v) is 23.5. The number of aromatic nitrogens is 6. The van der Waals surface area contributed by atoms with Gasteiger partial charge in [-0.3, -0.25) is 14.2 Å². The number of amides is 1. The number of carbonyl (C=O) groups is 2. The molecule has 212 valence electrons. The van der Waals surface area contributed by atoms with Crippen LogP contribution in [-0.4, -0.2) is 62.7 Å². The molecule has 1 aromatic carbocycles. The Morgan fingerprint density at radius 3 is 2.56 bits per heavy atom. The highest BCUT2D eigenvalue weighted by Crippen LogP contribution is 2.34. The van der Waals surface area contributed by atoms with Crippen LogP contribution >= 0.6 is 0 Å². The number of fused-ring (bicyclic) bond motifs is 1. The molecule has 0 fully saturated rings. The number of rotatable bonds is 9. The van der Waals surface area contributed by atoms with Gasteiger partial charge in [0, 0.05) is 37.2 Å². The molecule has 0 saturated carbocycles. The Morgan fingerprint density at radius 1 is 1.05 bits per heavy atom. The normalized spacial score (nSPS) is 11.1. The predicted molar refractivity (Wildman–Crippen MR) is 148 cm³/mol. The summed E-state index contributed by atoms with van der Waals surface area (Å²) in [5.74, 6) is 0.0362. The summed E-state index contributed by atoms with van der Waals surface area (Å²) in [7, 11) is 6.11. The lowest BCUT2D eigenvalue weighted by atomic mass is 10.1. The first-order valence-electron chi connectivity index (χ1n) is 12.7. The lowest BCUT2D eigenvalue weighted by Crippen LogP contribution is -2.24. The van der Waals surface area contributed by atoms with E-state index in [-0.39, 0.29) is 35.3 Å². The monoisotopic (exact) mass is 559 g/mol. The molecule has 13 heteroatoms. The number of ether oxygens (including phenoxy) is 3. The fourth-order valence-electron chi connectivity index (χ4n) is 4.48. The van der Waals surface area contributed by atoms with E-state index in [9.17, 15) is 9.59 Å². The molecule has 13 nitrogen and oxygen atoms in total. The number of hydrogen-bond donors (Lipinski definition) is 1. The molecule has 0 aliphatic rings. The minimum Gasteiger partial charge on any atom is -0.497 e. The molecule has 4 heterocycles. The van der Waals surface area contributed by atoms with Gasteiger partial charge in [0.25, 0.3) is 5.91 Å². The van der Waals surface area contributed by atoms with Crippen molar-refractivity contribution in [1.29, 1.82) is 0 Å². The molecule has 0 saturated heterocycles. The first kappa shape index (κ1) is 27.4. The minimum absolute atomic E-state index is 0.0957. The van der Waals surface area contributed by atoms with Gasteiger partial charge in [0.1, 0.15) is 34.3 Å². The van der Waals surface area contributed by atoms with Gasteiger partial charge in [-0.15, -0.1) is 0 Å². The van der Waals surface area contributed by atoms with Gasteiger partial charge >= 0.3 is 5.97 Å². The number of methoxy groups -OCH3 is 3. The molecule has 0 atom stereocenters. The first-order chi connectivity index (χ1) is 19.8. The topological polar surface area (TPSA) is 148 Å². The average molecular weight is 560 g/mol. The Hall–Kier alpha value is -5.20. The standard InChI is InChI=1S/C28H29N7O6/c1-7-35-21(10-15(2)33-35)27-32-24(25(41-27)28(37)40-6)23-18-14-30-34(3)20(18)12-19(31-23)26(36)29-13-16-8-9-17(38-4)11-22(16)39-5/h8-12,14H,7,13H2,1-6H3,(H,29,36). The van der Waals surface area contributed by atoms with E-state index in [4.69, 9.17) is 18.6 Å². The van der Waals surface area contributed by atoms with Gasteiger partial charge in [-0.2, -0.15) is 10.2 Å². The maximum absolute atomic E-state index is 13.4. The second-order valence-corrected chi connectivity index (χ2v) is 9.09. The van der Waals surface area contributed by atoms with Gasteiger partial charge in [0.15, 0.2) is 0 Å². The van der Waals surface area contributed by atoms with Crippen molar-refractivity contribution in [1.82, 2.24) is 34.8 Å². The summed E-state index contributed by atoms with van der Waals surface area (Å²) in [5.41, 5.74) is 3.18. The number of esters is 1. The zero-order valence-electron chi connectivity index (χ0n) is 23.5. The molecule has 0 spiro atoms. The molecular weight excluding hydrogens is 530 g/mol. The predicted octanol–water partition coefficient (Wildman–Crippen LogP) is 3.55. The molecule has 1 amide bonds. The third kappa shape index (κ3) is 5.09. The number of nitrogens with zero attached hydrogens (tertiary/aromatic N) is 6. The van der Waals surface area contributed by atoms with Crippen molar-refractivity contribution in [3.63, 3.8) is 0 Å². The average Bonchev–Trinajstić information content (AvgIpc) is 3.71. The van der Waals surface area contributed by atoms with Crippen LogP contribution in [0.1, 0.15) is 39.2 Å². The van der Waals surface area contributed by atoms with Crippen LogP contribution in [0.5, 0.6) is 11.5 Å². The summed E-state index contributed by atoms with van der Waals surface area (Å²) >= 11 is 0. The highest BCUT2D eigenvalue weighted by Gasteiger charge is 2.28. The molecule has 0 radical (unpaired) electrons. The Balaban J connectivity index is 1.58. The molecule has 41 heavy (non-hydrogen) atoms. The maximum Gasteiger partial charge on any atom is 0.376 e. The molecule has 1 N–H and O–H groups in total. The van der Waals surface area contributed by atoms with Gasteiger partial charge in [0.2, 0.25) is 11.7 Å². The van der Waals surface area contributed by atoms with Crippen LogP contribution in [0.3, 0.4) is 0 Å². The summed E-state index contributed by atoms with van der Waals surface area (Å²) in [6.07, 6.45) is 1.59. The molecule has 5 rings (SSSR count). The molecule has 0 bridgehead atoms. The Labute approximate surface area is 235 Å². The van der Waals surface area contributed by atoms with Crippen molar-refractivity contribution in [2.45, 2.75) is 26.9 Å². The molecule has 4 aromatic heterocycles. The third-order valence-electron chi connectivity index (χ3n) is 6.55. The number of carbonyl (C=O) groups excluding carboxylic acids is 2. The molecule has 0 unspecified atom stereocenters. The SMILES string of the molecule is CCn1nc(C)cc1-c1nc(-c2nc(C(=O)NCc3ccc(OC)cc3OC)cc3c2cnn3C)c(C(=O)OC)o1. The van der Waals surface area contributed by atoms with Gasteiger partial charge in [-0.25, -0.2) is 14.8 Å². The number of pyridine rings is 1. The third-order valence-corrected chi connectivity index (χ3v) is 6.55. The molecule has 0 aliphatic heterocycles. The fraction of sp³-hybridized carbons (Fsp3) is 0.286. The lowest BCUT2D eigenvalue weighted by Gasteiger charge is -2.12. The first-order valence-corrected chi connectivity index (χ1v) is 12.7. The quantitative estimate of drug-likeness (QED) is 0.266. The smallest absolute Gasteiger partial charge is 0.376 e. The van der Waals surface area contributed by atoms with Crippen molar-refractivity contribution < 1.29 is 28.2 Å². The molecular formula is C28H29N7O6. The lowest BCUT2D eigenvalue weighted by molar-refractivity contribution is 0.0567. The van der Waals surface area contributed by atoms with E-state index >= 15 is 0 Å². The van der Waals surface area contributed by atoms with E-state index in [0.717, 1.165) is 11.3 Å². The summed E-state index contributed by atoms with van der Waals surface area (Å²) in [4.78, 5) is 35.5. The van der Waals surface area contributed by atoms with Crippen molar-refractivity contribution in [3.05, 3.63) is 59.2 Å². The van der Waals surface area contributed by atoms with Crippen LogP contribution < -0.4 is 14.8 Å². The second kappa shape index (κ2) is 11.1.